The minimum atomic E-state index is -4.42. The molecule has 0 unspecified atom stereocenters. The van der Waals surface area contributed by atoms with Gasteiger partial charge in [-0.2, -0.15) is 0 Å². The van der Waals surface area contributed by atoms with Crippen molar-refractivity contribution >= 4 is 47.3 Å². The third-order valence-electron chi connectivity index (χ3n) is 9.19. The highest BCUT2D eigenvalue weighted by molar-refractivity contribution is 7.93. The molecule has 272 valence electrons. The summed E-state index contributed by atoms with van der Waals surface area (Å²) in [7, 11) is -5.89. The van der Waals surface area contributed by atoms with Crippen LogP contribution >= 0.6 is 11.6 Å². The van der Waals surface area contributed by atoms with E-state index in [0.29, 0.717) is 24.2 Å². The summed E-state index contributed by atoms with van der Waals surface area (Å²) < 4.78 is 65.2. The van der Waals surface area contributed by atoms with Crippen molar-refractivity contribution < 1.29 is 30.0 Å². The molecule has 1 fully saturated rings. The fraction of sp³-hybridized carbons (Fsp3) is 0.541. The highest BCUT2D eigenvalue weighted by atomic mass is 35.5. The van der Waals surface area contributed by atoms with Gasteiger partial charge in [-0.15, -0.1) is 0 Å². The first-order chi connectivity index (χ1) is 24.5. The summed E-state index contributed by atoms with van der Waals surface area (Å²) in [4.78, 5) is 20.6. The zero-order valence-electron chi connectivity index (χ0n) is 32.1. The minimum absolute atomic E-state index is 0.0000974. The Hall–Kier alpha value is -3.03. The van der Waals surface area contributed by atoms with Gasteiger partial charge in [0.1, 0.15) is 23.1 Å². The zero-order valence-corrected chi connectivity index (χ0v) is 32.6. The predicted molar refractivity (Wildman–Crippen MR) is 201 cm³/mol. The number of anilines is 1. The largest absolute Gasteiger partial charge is 0.377 e. The van der Waals surface area contributed by atoms with E-state index in [2.05, 4.69) is 31.7 Å². The molecule has 5 rings (SSSR count). The minimum Gasteiger partial charge on any atom is -0.377 e. The number of rotatable bonds is 17. The molecule has 0 saturated heterocycles. The highest BCUT2D eigenvalue weighted by Gasteiger charge is 2.49. The lowest BCUT2D eigenvalue weighted by Crippen LogP contribution is -2.40. The summed E-state index contributed by atoms with van der Waals surface area (Å²) in [6.45, 7) is 9.99. The maximum Gasteiger partial charge on any atom is 0.268 e. The lowest BCUT2D eigenvalue weighted by Gasteiger charge is -2.25. The van der Waals surface area contributed by atoms with Crippen LogP contribution in [0.3, 0.4) is 0 Å². The van der Waals surface area contributed by atoms with Gasteiger partial charge >= 0.3 is 0 Å². The molecule has 0 atom stereocenters. The van der Waals surface area contributed by atoms with Gasteiger partial charge < -0.3 is 14.0 Å². The van der Waals surface area contributed by atoms with Gasteiger partial charge in [0, 0.05) is 33.3 Å². The second kappa shape index (κ2) is 16.1. The molecular formula is C37H51ClN4O6SSi. The topological polar surface area (TPSA) is 115 Å². The van der Waals surface area contributed by atoms with E-state index in [9.17, 15) is 13.2 Å². The summed E-state index contributed by atoms with van der Waals surface area (Å²) in [5.74, 6) is 0.934. The molecule has 0 radical (unpaired) electrons. The molecule has 3 aromatic rings. The molecule has 1 aromatic heterocycles. The maximum atomic E-state index is 14.7. The van der Waals surface area contributed by atoms with E-state index < -0.39 is 30.2 Å². The molecule has 1 spiro atoms. The fourth-order valence-corrected chi connectivity index (χ4v) is 8.83. The van der Waals surface area contributed by atoms with E-state index in [1.54, 1.807) is 49.1 Å². The van der Waals surface area contributed by atoms with Gasteiger partial charge in [-0.05, 0) is 61.9 Å². The number of ether oxygens (including phenoxy) is 2. The van der Waals surface area contributed by atoms with Crippen molar-refractivity contribution in [3.05, 3.63) is 64.4 Å². The van der Waals surface area contributed by atoms with Crippen molar-refractivity contribution in [1.82, 2.24) is 10.1 Å². The number of unbranched alkanes of at least 4 members (excludes halogenated alkanes) is 1. The third kappa shape index (κ3) is 8.36. The van der Waals surface area contributed by atoms with Crippen molar-refractivity contribution in [2.45, 2.75) is 115 Å². The lowest BCUT2D eigenvalue weighted by atomic mass is 9.96. The number of carbonyl (C=O) groups excluding carboxylic acids is 1. The Labute approximate surface area is 306 Å². The number of halogens is 1. The Morgan fingerprint density at radius 3 is 2.50 bits per heavy atom. The molecule has 0 bridgehead atoms. The average Bonchev–Trinajstić information content (AvgIpc) is 3.77. The van der Waals surface area contributed by atoms with Gasteiger partial charge in [0.2, 0.25) is 5.82 Å². The van der Waals surface area contributed by atoms with Crippen LogP contribution in [0.1, 0.15) is 78.4 Å². The first-order valence-corrected chi connectivity index (χ1v) is 23.1. The summed E-state index contributed by atoms with van der Waals surface area (Å²) in [5.41, 5.74) is 0.690. The van der Waals surface area contributed by atoms with Crippen LogP contribution in [0.25, 0.3) is 11.1 Å². The van der Waals surface area contributed by atoms with Gasteiger partial charge in [0.25, 0.3) is 15.9 Å². The van der Waals surface area contributed by atoms with Gasteiger partial charge in [0.05, 0.1) is 20.7 Å². The van der Waals surface area contributed by atoms with E-state index in [0.717, 1.165) is 54.7 Å². The zero-order chi connectivity index (χ0) is 37.9. The molecular weight excluding hydrogens is 692 g/mol. The standard InChI is InChI=1S/C37H51ClN4O6SSi/c1-7-9-16-33-39-37(19-12-13-20-37)36(43)41(33)24-28-17-18-30(29(23-28)25-46-8-2)31-14-10-11-15-32(31)49(44,45)42(26-47-21-22-50(4,5)6)35-34(38)27(3)48-40-35/h10-11,14-15,17-18,23H,7-9,12-13,16,19-22,24-26H2,1-6H3/i25D2. The smallest absolute Gasteiger partial charge is 0.268 e. The number of aliphatic imine (C=N–C) groups is 1. The number of benzene rings is 2. The number of carbonyl (C=O) groups is 1. The van der Waals surface area contributed by atoms with Crippen LogP contribution in [-0.2, 0) is 37.4 Å². The number of nitrogens with zero attached hydrogens (tertiary/aromatic N) is 4. The Kier molecular flexibility index (Phi) is 11.4. The molecule has 1 aliphatic carbocycles. The first kappa shape index (κ1) is 35.4. The first-order valence-electron chi connectivity index (χ1n) is 18.5. The van der Waals surface area contributed by atoms with Gasteiger partial charge in [-0.3, -0.25) is 14.7 Å². The molecule has 2 aliphatic rings. The molecule has 0 N–H and O–H groups in total. The number of amides is 1. The second-order valence-corrected chi connectivity index (χ2v) is 22.1. The molecule has 1 amide bonds. The van der Waals surface area contributed by atoms with E-state index in [-0.39, 0.29) is 58.4 Å². The summed E-state index contributed by atoms with van der Waals surface area (Å²) in [5, 5.41) is 4.03. The fourth-order valence-electron chi connectivity index (χ4n) is 6.35. The molecule has 1 aliphatic heterocycles. The van der Waals surface area contributed by atoms with E-state index in [1.807, 2.05) is 6.07 Å². The van der Waals surface area contributed by atoms with Crippen LogP contribution in [0.2, 0.25) is 30.7 Å². The summed E-state index contributed by atoms with van der Waals surface area (Å²) >= 11 is 6.52. The number of hydrogen-bond donors (Lipinski definition) is 0. The number of aryl methyl sites for hydroxylation is 1. The van der Waals surface area contributed by atoms with Crippen molar-refractivity contribution in [3.63, 3.8) is 0 Å². The molecule has 1 saturated carbocycles. The Morgan fingerprint density at radius 2 is 1.84 bits per heavy atom. The molecule has 13 heteroatoms. The molecule has 10 nitrogen and oxygen atoms in total. The predicted octanol–water partition coefficient (Wildman–Crippen LogP) is 8.59. The summed E-state index contributed by atoms with van der Waals surface area (Å²) in [6, 6.07) is 12.4. The van der Waals surface area contributed by atoms with Crippen LogP contribution < -0.4 is 4.31 Å². The van der Waals surface area contributed by atoms with Gasteiger partial charge in [-0.1, -0.05) is 99.0 Å². The quantitative estimate of drug-likeness (QED) is 0.0773. The van der Waals surface area contributed by atoms with Gasteiger partial charge in [0.15, 0.2) is 5.76 Å². The normalized spacial score (nSPS) is 17.0. The van der Waals surface area contributed by atoms with E-state index in [4.69, 9.17) is 33.3 Å². The van der Waals surface area contributed by atoms with Crippen LogP contribution in [0.4, 0.5) is 5.82 Å². The molecule has 2 heterocycles. The highest BCUT2D eigenvalue weighted by Crippen LogP contribution is 2.41. The second-order valence-electron chi connectivity index (χ2n) is 14.3. The Bertz CT molecular complexity index is 1890. The Balaban J connectivity index is 1.57. The van der Waals surface area contributed by atoms with Crippen molar-refractivity contribution in [3.8, 4) is 11.1 Å². The molecule has 2 aromatic carbocycles. The summed E-state index contributed by atoms with van der Waals surface area (Å²) in [6.07, 6.45) is 5.95. The monoisotopic (exact) mass is 744 g/mol. The number of amidine groups is 1. The number of sulfonamides is 1. The Morgan fingerprint density at radius 1 is 1.10 bits per heavy atom. The molecule has 50 heavy (non-hydrogen) atoms. The third-order valence-corrected chi connectivity index (χ3v) is 13.1. The number of aromatic nitrogens is 1. The van der Waals surface area contributed by atoms with Crippen molar-refractivity contribution in [2.24, 2.45) is 4.99 Å². The van der Waals surface area contributed by atoms with Crippen LogP contribution in [-0.4, -0.2) is 63.8 Å². The van der Waals surface area contributed by atoms with E-state index in [1.165, 1.54) is 6.07 Å². The van der Waals surface area contributed by atoms with E-state index >= 15 is 0 Å². The van der Waals surface area contributed by atoms with Crippen LogP contribution in [0.5, 0.6) is 0 Å². The number of hydrogen-bond acceptors (Lipinski definition) is 8. The average molecular weight is 745 g/mol. The van der Waals surface area contributed by atoms with Crippen molar-refractivity contribution in [2.75, 3.05) is 24.2 Å². The van der Waals surface area contributed by atoms with Gasteiger partial charge in [-0.25, -0.2) is 12.7 Å². The van der Waals surface area contributed by atoms with Crippen LogP contribution in [0.15, 0.2) is 56.9 Å². The van der Waals surface area contributed by atoms with Crippen molar-refractivity contribution in [1.29, 1.82) is 0 Å². The van der Waals surface area contributed by atoms with Crippen LogP contribution in [0, 0.1) is 6.92 Å². The lowest BCUT2D eigenvalue weighted by molar-refractivity contribution is -0.131. The maximum absolute atomic E-state index is 14.7. The SMILES string of the molecule is [2H]C([2H])(OCC)c1cc(CN2C(=O)C3(CCCC3)N=C2CCCC)ccc1-c1ccccc1S(=O)(=O)N(COCC[Si](C)(C)C)c1noc(C)c1Cl.